The van der Waals surface area contributed by atoms with Crippen molar-refractivity contribution in [3.8, 4) is 6.01 Å². The van der Waals surface area contributed by atoms with Crippen LogP contribution in [0.5, 0.6) is 6.01 Å². The van der Waals surface area contributed by atoms with Crippen LogP contribution >= 0.6 is 11.6 Å². The first kappa shape index (κ1) is 41.2. The zero-order valence-electron chi connectivity index (χ0n) is 31.2. The van der Waals surface area contributed by atoms with Gasteiger partial charge in [0.2, 0.25) is 17.7 Å². The second-order valence-electron chi connectivity index (χ2n) is 15.7. The van der Waals surface area contributed by atoms with Gasteiger partial charge in [0.25, 0.3) is 11.8 Å². The Labute approximate surface area is 321 Å². The van der Waals surface area contributed by atoms with Crippen LogP contribution in [-0.4, -0.2) is 70.5 Å². The van der Waals surface area contributed by atoms with E-state index in [2.05, 4.69) is 63.9 Å². The first-order valence-corrected chi connectivity index (χ1v) is 18.2. The van der Waals surface area contributed by atoms with Gasteiger partial charge in [-0.15, -0.1) is 0 Å². The van der Waals surface area contributed by atoms with Crippen molar-refractivity contribution >= 4 is 52.8 Å². The molecule has 2 amide bonds. The molecular formula is C38H45ClF3N7O6. The van der Waals surface area contributed by atoms with E-state index in [0.717, 1.165) is 31.9 Å². The monoisotopic (exact) mass is 787 g/mol. The lowest BCUT2D eigenvalue weighted by Crippen LogP contribution is -2.48. The number of nitrogens with one attached hydrogen (secondary N) is 4. The smallest absolute Gasteiger partial charge is 0.422 e. The molecule has 296 valence electrons. The van der Waals surface area contributed by atoms with Crippen LogP contribution in [0.15, 0.2) is 48.5 Å². The van der Waals surface area contributed by atoms with Crippen molar-refractivity contribution in [2.45, 2.75) is 96.4 Å². The van der Waals surface area contributed by atoms with Gasteiger partial charge in [-0.3, -0.25) is 14.4 Å². The van der Waals surface area contributed by atoms with E-state index < -0.39 is 53.9 Å². The highest BCUT2D eigenvalue weighted by Crippen LogP contribution is 2.48. The maximum atomic E-state index is 13.2. The minimum Gasteiger partial charge on any atom is -0.467 e. The van der Waals surface area contributed by atoms with Crippen LogP contribution in [0, 0.1) is 10.8 Å². The Morgan fingerprint density at radius 3 is 2.11 bits per heavy atom. The molecule has 1 unspecified atom stereocenters. The largest absolute Gasteiger partial charge is 0.467 e. The lowest BCUT2D eigenvalue weighted by molar-refractivity contribution is -0.154. The maximum absolute atomic E-state index is 13.2. The molecule has 0 spiro atoms. The van der Waals surface area contributed by atoms with Crippen LogP contribution < -0.4 is 26.0 Å². The molecular weight excluding hydrogens is 743 g/mol. The molecule has 0 aliphatic heterocycles. The summed E-state index contributed by atoms with van der Waals surface area (Å²) in [7, 11) is 1.15. The van der Waals surface area contributed by atoms with E-state index in [1.807, 2.05) is 12.1 Å². The molecule has 0 bridgehead atoms. The van der Waals surface area contributed by atoms with Crippen LogP contribution in [0.2, 0.25) is 5.02 Å². The number of Topliss-reactive ketones (excluding diaryl/α,β-unsaturated/α-hetero) is 1. The molecule has 2 fully saturated rings. The minimum atomic E-state index is -4.63. The number of ketones is 1. The Morgan fingerprint density at radius 1 is 0.909 bits per heavy atom. The van der Waals surface area contributed by atoms with Crippen LogP contribution in [-0.2, 0) is 24.7 Å². The number of hydrogen-bond acceptors (Lipinski definition) is 11. The van der Waals surface area contributed by atoms with Gasteiger partial charge in [0, 0.05) is 28.7 Å². The maximum Gasteiger partial charge on any atom is 0.422 e. The fourth-order valence-corrected chi connectivity index (χ4v) is 7.47. The van der Waals surface area contributed by atoms with Gasteiger partial charge in [-0.05, 0) is 91.3 Å². The summed E-state index contributed by atoms with van der Waals surface area (Å²) in [6.07, 6.45) is -1.20. The van der Waals surface area contributed by atoms with E-state index in [4.69, 9.17) is 21.1 Å². The summed E-state index contributed by atoms with van der Waals surface area (Å²) in [4.78, 5) is 63.7. The highest BCUT2D eigenvalue weighted by molar-refractivity contribution is 6.36. The number of benzene rings is 2. The number of hydrogen-bond donors (Lipinski definition) is 4. The van der Waals surface area contributed by atoms with Crippen molar-refractivity contribution in [1.29, 1.82) is 0 Å². The second-order valence-corrected chi connectivity index (χ2v) is 16.1. The Bertz CT molecular complexity index is 1870. The van der Waals surface area contributed by atoms with E-state index in [0.29, 0.717) is 23.6 Å². The zero-order chi connectivity index (χ0) is 40.2. The van der Waals surface area contributed by atoms with Crippen LogP contribution in [0.3, 0.4) is 0 Å². The molecule has 2 aliphatic carbocycles. The summed E-state index contributed by atoms with van der Waals surface area (Å²) in [5.41, 5.74) is 0.846. The fraction of sp³-hybridized carbons (Fsp3) is 0.500. The summed E-state index contributed by atoms with van der Waals surface area (Å²) in [6.45, 7) is 6.92. The molecule has 2 aromatic carbocycles. The SMILES string of the molecule is COC(=O)C(CCC(=O)C(=O)NC1CC(C)(C)CC(C)(C)C1)NC(=O)c1ccc(Nc2nc(NC3(c4ccc(Cl)cc4)CC3)nc(OCC(F)(F)F)n2)cc1. The lowest BCUT2D eigenvalue weighted by Gasteiger charge is -2.45. The van der Waals surface area contributed by atoms with Gasteiger partial charge >= 0.3 is 18.2 Å². The lowest BCUT2D eigenvalue weighted by atomic mass is 9.63. The second kappa shape index (κ2) is 16.4. The van der Waals surface area contributed by atoms with E-state index in [1.165, 1.54) is 24.3 Å². The predicted octanol–water partition coefficient (Wildman–Crippen LogP) is 6.65. The molecule has 5 rings (SSSR count). The Balaban J connectivity index is 1.22. The molecule has 55 heavy (non-hydrogen) atoms. The number of methoxy groups -OCH3 is 1. The average molecular weight is 788 g/mol. The zero-order valence-corrected chi connectivity index (χ0v) is 32.0. The number of aromatic nitrogens is 3. The Hall–Kier alpha value is -4.99. The third-order valence-electron chi connectivity index (χ3n) is 9.48. The molecule has 2 aliphatic rings. The summed E-state index contributed by atoms with van der Waals surface area (Å²) < 4.78 is 48.6. The number of ether oxygens (including phenoxy) is 2. The van der Waals surface area contributed by atoms with Crippen molar-refractivity contribution in [1.82, 2.24) is 25.6 Å². The highest BCUT2D eigenvalue weighted by Gasteiger charge is 2.45. The molecule has 0 saturated heterocycles. The van der Waals surface area contributed by atoms with Crippen molar-refractivity contribution in [2.75, 3.05) is 24.4 Å². The number of esters is 1. The van der Waals surface area contributed by atoms with Crippen LogP contribution in [0.25, 0.3) is 0 Å². The summed E-state index contributed by atoms with van der Waals surface area (Å²) in [5, 5.41) is 12.0. The number of halogens is 4. The molecule has 2 saturated carbocycles. The molecule has 1 heterocycles. The van der Waals surface area contributed by atoms with Crippen LogP contribution in [0.1, 0.15) is 88.6 Å². The van der Waals surface area contributed by atoms with E-state index in [1.54, 1.807) is 12.1 Å². The number of carbonyl (C=O) groups is 4. The van der Waals surface area contributed by atoms with E-state index >= 15 is 0 Å². The number of rotatable bonds is 15. The quantitative estimate of drug-likeness (QED) is 0.0959. The molecule has 4 N–H and O–H groups in total. The fourth-order valence-electron chi connectivity index (χ4n) is 7.34. The first-order chi connectivity index (χ1) is 25.7. The van der Waals surface area contributed by atoms with Gasteiger partial charge in [0.15, 0.2) is 6.61 Å². The number of alkyl halides is 3. The molecule has 13 nitrogen and oxygen atoms in total. The Morgan fingerprint density at radius 2 is 1.53 bits per heavy atom. The van der Waals surface area contributed by atoms with Crippen LogP contribution in [0.4, 0.5) is 30.8 Å². The van der Waals surface area contributed by atoms with Gasteiger partial charge < -0.3 is 30.7 Å². The predicted molar refractivity (Wildman–Crippen MR) is 198 cm³/mol. The van der Waals surface area contributed by atoms with Gasteiger partial charge in [-0.25, -0.2) is 4.79 Å². The first-order valence-electron chi connectivity index (χ1n) is 17.8. The van der Waals surface area contributed by atoms with E-state index in [-0.39, 0.29) is 47.2 Å². The van der Waals surface area contributed by atoms with Gasteiger partial charge in [0.1, 0.15) is 6.04 Å². The van der Waals surface area contributed by atoms with Crippen molar-refractivity contribution in [2.24, 2.45) is 10.8 Å². The molecule has 17 heteroatoms. The Kier molecular flexibility index (Phi) is 12.3. The van der Waals surface area contributed by atoms with Crippen molar-refractivity contribution in [3.05, 3.63) is 64.7 Å². The third-order valence-corrected chi connectivity index (χ3v) is 9.73. The van der Waals surface area contributed by atoms with E-state index in [9.17, 15) is 32.3 Å². The molecule has 1 aromatic heterocycles. The molecule has 0 radical (unpaired) electrons. The third kappa shape index (κ3) is 11.7. The number of anilines is 3. The molecule has 1 atom stereocenters. The van der Waals surface area contributed by atoms with Crippen molar-refractivity contribution < 1.29 is 41.8 Å². The molecule has 3 aromatic rings. The van der Waals surface area contributed by atoms with Gasteiger partial charge in [-0.2, -0.15) is 28.1 Å². The topological polar surface area (TPSA) is 174 Å². The van der Waals surface area contributed by atoms with Gasteiger partial charge in [0.05, 0.1) is 12.6 Å². The highest BCUT2D eigenvalue weighted by atomic mass is 35.5. The standard InChI is InChI=1S/C38H45ClF3N7O6/c1-35(2)18-26(19-36(3,4)20-35)43-30(52)28(50)15-14-27(31(53)54-5)45-29(51)22-6-12-25(13-7-22)44-32-46-33(48-34(47-32)55-21-38(40,41)42)49-37(16-17-37)23-8-10-24(39)11-9-23/h6-13,26-27H,14-21H2,1-5H3,(H,43,52)(H,45,51)(H2,44,46,47,48,49). The minimum absolute atomic E-state index is 0.00161. The summed E-state index contributed by atoms with van der Waals surface area (Å²) >= 11 is 6.04. The summed E-state index contributed by atoms with van der Waals surface area (Å²) in [6, 6.07) is 11.1. The summed E-state index contributed by atoms with van der Waals surface area (Å²) in [5.74, 6) is -3.04. The number of carbonyl (C=O) groups excluding carboxylic acids is 4. The normalized spacial score (nSPS) is 17.6. The number of nitrogens with zero attached hydrogens (tertiary/aromatic N) is 3. The number of amides is 2. The van der Waals surface area contributed by atoms with Gasteiger partial charge in [-0.1, -0.05) is 51.4 Å². The average Bonchev–Trinajstić information content (AvgIpc) is 3.87. The van der Waals surface area contributed by atoms with Crippen molar-refractivity contribution in [3.63, 3.8) is 0 Å².